The molecule has 0 unspecified atom stereocenters. The van der Waals surface area contributed by atoms with Crippen molar-refractivity contribution in [2.24, 2.45) is 28.2 Å². The van der Waals surface area contributed by atoms with Gasteiger partial charge < -0.3 is 14.6 Å². The summed E-state index contributed by atoms with van der Waals surface area (Å²) in [5.41, 5.74) is 5.85. The molecule has 0 aliphatic carbocycles. The van der Waals surface area contributed by atoms with Gasteiger partial charge in [0.15, 0.2) is 5.82 Å². The smallest absolute Gasteiger partial charge is 0.328 e. The number of aryl methyl sites for hydroxylation is 4. The number of aromatic nitrogens is 8. The molecule has 0 saturated heterocycles. The van der Waals surface area contributed by atoms with E-state index in [2.05, 4.69) is 15.4 Å². The molecule has 0 radical (unpaired) electrons. The van der Waals surface area contributed by atoms with Crippen molar-refractivity contribution < 1.29 is 9.13 Å². The van der Waals surface area contributed by atoms with Crippen LogP contribution >= 0.6 is 0 Å². The molecular weight excluding hydrogens is 501 g/mol. The monoisotopic (exact) mass is 529 g/mol. The van der Waals surface area contributed by atoms with Crippen LogP contribution in [0.15, 0.2) is 54.0 Å². The van der Waals surface area contributed by atoms with Gasteiger partial charge in [-0.05, 0) is 18.2 Å². The van der Waals surface area contributed by atoms with E-state index in [9.17, 15) is 4.79 Å². The van der Waals surface area contributed by atoms with Crippen LogP contribution in [0, 0.1) is 5.82 Å². The van der Waals surface area contributed by atoms with Crippen molar-refractivity contribution in [2.75, 3.05) is 25.6 Å². The largest absolute Gasteiger partial charge is 0.383 e. The van der Waals surface area contributed by atoms with E-state index in [1.54, 1.807) is 73.1 Å². The van der Waals surface area contributed by atoms with Crippen LogP contribution in [-0.4, -0.2) is 58.3 Å². The number of rotatable bonds is 7. The van der Waals surface area contributed by atoms with Crippen molar-refractivity contribution in [3.05, 3.63) is 65.5 Å². The van der Waals surface area contributed by atoms with Crippen molar-refractivity contribution in [3.8, 4) is 28.3 Å². The lowest BCUT2D eigenvalue weighted by Gasteiger charge is -2.15. The lowest BCUT2D eigenvalue weighted by atomic mass is 10.1. The van der Waals surface area contributed by atoms with E-state index in [0.717, 1.165) is 28.1 Å². The molecule has 4 aromatic heterocycles. The molecule has 200 valence electrons. The Labute approximate surface area is 222 Å². The summed E-state index contributed by atoms with van der Waals surface area (Å²) in [7, 11) is 8.80. The van der Waals surface area contributed by atoms with Crippen LogP contribution in [0.4, 0.5) is 10.1 Å². The fourth-order valence-corrected chi connectivity index (χ4v) is 5.07. The summed E-state index contributed by atoms with van der Waals surface area (Å²) >= 11 is 0. The Morgan fingerprint density at radius 1 is 1.03 bits per heavy atom. The number of benzene rings is 2. The van der Waals surface area contributed by atoms with Gasteiger partial charge in [0.2, 0.25) is 0 Å². The highest BCUT2D eigenvalue weighted by Crippen LogP contribution is 2.35. The summed E-state index contributed by atoms with van der Waals surface area (Å²) in [6.45, 7) is 1.03. The second-order valence-corrected chi connectivity index (χ2v) is 9.57. The van der Waals surface area contributed by atoms with E-state index in [1.807, 2.05) is 28.3 Å². The molecule has 4 heterocycles. The van der Waals surface area contributed by atoms with E-state index in [0.29, 0.717) is 41.1 Å². The Bertz CT molecular complexity index is 1920. The van der Waals surface area contributed by atoms with Crippen molar-refractivity contribution in [1.29, 1.82) is 0 Å². The lowest BCUT2D eigenvalue weighted by molar-refractivity contribution is 0.211. The number of methoxy groups -OCH3 is 1. The fourth-order valence-electron chi connectivity index (χ4n) is 5.07. The summed E-state index contributed by atoms with van der Waals surface area (Å²) in [6, 6.07) is 7.11. The number of ether oxygens (including phenoxy) is 1. The Balaban J connectivity index is 1.66. The highest BCUT2D eigenvalue weighted by Gasteiger charge is 2.22. The molecule has 12 heteroatoms. The number of nitrogens with one attached hydrogen (secondary N) is 1. The zero-order valence-electron chi connectivity index (χ0n) is 22.3. The average Bonchev–Trinajstić information content (AvgIpc) is 3.67. The van der Waals surface area contributed by atoms with Gasteiger partial charge in [0.1, 0.15) is 11.5 Å². The zero-order valence-corrected chi connectivity index (χ0v) is 22.3. The molecule has 0 aliphatic rings. The van der Waals surface area contributed by atoms with Crippen molar-refractivity contribution >= 4 is 27.8 Å². The number of hydrogen-bond donors (Lipinski definition) is 1. The Morgan fingerprint density at radius 3 is 2.54 bits per heavy atom. The van der Waals surface area contributed by atoms with E-state index in [1.165, 1.54) is 6.07 Å². The minimum Gasteiger partial charge on any atom is -0.383 e. The average molecular weight is 530 g/mol. The van der Waals surface area contributed by atoms with Crippen LogP contribution < -0.4 is 11.0 Å². The highest BCUT2D eigenvalue weighted by molar-refractivity contribution is 5.93. The fraction of sp³-hybridized carbons (Fsp3) is 0.259. The number of anilines is 1. The van der Waals surface area contributed by atoms with Crippen LogP contribution in [0.1, 0.15) is 0 Å². The Hall–Kier alpha value is -4.71. The molecule has 39 heavy (non-hydrogen) atoms. The van der Waals surface area contributed by atoms with Crippen molar-refractivity contribution in [3.63, 3.8) is 0 Å². The van der Waals surface area contributed by atoms with Gasteiger partial charge in [-0.25, -0.2) is 19.2 Å². The highest BCUT2D eigenvalue weighted by atomic mass is 19.1. The maximum absolute atomic E-state index is 15.6. The van der Waals surface area contributed by atoms with Gasteiger partial charge in [0, 0.05) is 65.2 Å². The molecule has 0 bridgehead atoms. The third kappa shape index (κ3) is 3.91. The first-order chi connectivity index (χ1) is 18.8. The van der Waals surface area contributed by atoms with Gasteiger partial charge in [0.05, 0.1) is 58.8 Å². The number of nitrogens with zero attached hydrogens (tertiary/aromatic N) is 8. The van der Waals surface area contributed by atoms with Gasteiger partial charge in [-0.3, -0.25) is 18.4 Å². The van der Waals surface area contributed by atoms with Crippen molar-refractivity contribution in [2.45, 2.75) is 0 Å². The minimum atomic E-state index is -0.389. The predicted octanol–water partition coefficient (Wildman–Crippen LogP) is 3.21. The maximum atomic E-state index is 15.6. The summed E-state index contributed by atoms with van der Waals surface area (Å²) in [5.74, 6) is 0.204. The van der Waals surface area contributed by atoms with E-state index in [-0.39, 0.29) is 11.5 Å². The van der Waals surface area contributed by atoms with Gasteiger partial charge in [-0.15, -0.1) is 0 Å². The van der Waals surface area contributed by atoms with Crippen LogP contribution in [0.2, 0.25) is 0 Å². The molecule has 6 aromatic rings. The second-order valence-electron chi connectivity index (χ2n) is 9.57. The first-order valence-corrected chi connectivity index (χ1v) is 12.4. The Kier molecular flexibility index (Phi) is 5.83. The zero-order chi connectivity index (χ0) is 27.4. The third-order valence-corrected chi connectivity index (χ3v) is 7.03. The topological polar surface area (TPSA) is 102 Å². The summed E-state index contributed by atoms with van der Waals surface area (Å²) in [5, 5.41) is 7.59. The molecule has 1 N–H and O–H groups in total. The molecule has 0 spiro atoms. The number of halogens is 1. The maximum Gasteiger partial charge on any atom is 0.328 e. The molecule has 6 rings (SSSR count). The first kappa shape index (κ1) is 24.6. The molecule has 0 atom stereocenters. The molecule has 11 nitrogen and oxygen atoms in total. The molecule has 2 aromatic carbocycles. The van der Waals surface area contributed by atoms with Gasteiger partial charge in [0.25, 0.3) is 0 Å². The molecule has 0 aliphatic heterocycles. The van der Waals surface area contributed by atoms with Gasteiger partial charge in [-0.2, -0.15) is 5.10 Å². The first-order valence-electron chi connectivity index (χ1n) is 12.4. The molecule has 0 amide bonds. The van der Waals surface area contributed by atoms with Gasteiger partial charge >= 0.3 is 5.69 Å². The standard InChI is InChI=1S/C27H28FN9O2/c1-33-15-29-13-24(33)26-32-20-10-18(16-12-31-34(2)14-16)19(28)11-22(20)37(26)17-8-21(30-6-7-39-5)25-23(9-17)35(3)27(38)36(25)4/h8-15,30H,6-7H2,1-5H3. The van der Waals surface area contributed by atoms with Crippen molar-refractivity contribution in [1.82, 2.24) is 38.0 Å². The van der Waals surface area contributed by atoms with E-state index >= 15 is 4.39 Å². The third-order valence-electron chi connectivity index (χ3n) is 7.03. The van der Waals surface area contributed by atoms with Crippen LogP contribution in [0.25, 0.3) is 50.4 Å². The quantitative estimate of drug-likeness (QED) is 0.319. The number of imidazole rings is 3. The normalized spacial score (nSPS) is 11.7. The van der Waals surface area contributed by atoms with Gasteiger partial charge in [-0.1, -0.05) is 0 Å². The Morgan fingerprint density at radius 2 is 1.85 bits per heavy atom. The summed E-state index contributed by atoms with van der Waals surface area (Å²) in [6.07, 6.45) is 6.82. The van der Waals surface area contributed by atoms with E-state index < -0.39 is 0 Å². The number of hydrogen-bond acceptors (Lipinski definition) is 6. The number of fused-ring (bicyclic) bond motifs is 2. The lowest BCUT2D eigenvalue weighted by Crippen LogP contribution is -2.19. The SMILES string of the molecule is COCCNc1cc(-n2c(-c3cncn3C)nc3cc(-c4cnn(C)c4)c(F)cc32)cc2c1n(C)c(=O)n2C. The molecule has 0 fully saturated rings. The van der Waals surface area contributed by atoms with E-state index in [4.69, 9.17) is 9.72 Å². The minimum absolute atomic E-state index is 0.147. The summed E-state index contributed by atoms with van der Waals surface area (Å²) < 4.78 is 29.5. The second kappa shape index (κ2) is 9.24. The summed E-state index contributed by atoms with van der Waals surface area (Å²) in [4.78, 5) is 22.1. The van der Waals surface area contributed by atoms with Crippen LogP contribution in [0.5, 0.6) is 0 Å². The van der Waals surface area contributed by atoms with Crippen LogP contribution in [-0.2, 0) is 32.9 Å². The van der Waals surface area contributed by atoms with Crippen LogP contribution in [0.3, 0.4) is 0 Å². The molecular formula is C27H28FN9O2. The molecule has 0 saturated carbocycles. The predicted molar refractivity (Wildman–Crippen MR) is 148 cm³/mol.